The normalized spacial score (nSPS) is 16.5. The number of rotatable bonds is 2. The number of aldehydes is 1. The average Bonchev–Trinajstić information content (AvgIpc) is 2.27. The fraction of sp³-hybridized carbons (Fsp3) is 0.462. The third kappa shape index (κ3) is 2.10. The fourth-order valence-electron chi connectivity index (χ4n) is 2.11. The second-order valence-corrected chi connectivity index (χ2v) is 4.46. The SMILES string of the molecule is CC(C)N1CCc2ccc(C=O)cc2C1. The van der Waals surface area contributed by atoms with E-state index in [0.29, 0.717) is 6.04 Å². The molecule has 1 aromatic carbocycles. The highest BCUT2D eigenvalue weighted by Crippen LogP contribution is 2.21. The molecule has 2 heteroatoms. The zero-order valence-corrected chi connectivity index (χ0v) is 9.36. The van der Waals surface area contributed by atoms with E-state index in [1.54, 1.807) is 0 Å². The van der Waals surface area contributed by atoms with E-state index in [1.165, 1.54) is 11.1 Å². The van der Waals surface area contributed by atoms with E-state index < -0.39 is 0 Å². The van der Waals surface area contributed by atoms with Gasteiger partial charge in [-0.05, 0) is 37.5 Å². The van der Waals surface area contributed by atoms with Gasteiger partial charge in [0.05, 0.1) is 0 Å². The maximum atomic E-state index is 10.7. The Balaban J connectivity index is 2.27. The number of carbonyl (C=O) groups is 1. The van der Waals surface area contributed by atoms with Crippen molar-refractivity contribution in [1.82, 2.24) is 4.90 Å². The molecule has 0 spiro atoms. The molecule has 80 valence electrons. The summed E-state index contributed by atoms with van der Waals surface area (Å²) in [6.07, 6.45) is 2.03. The Labute approximate surface area is 90.9 Å². The third-order valence-corrected chi connectivity index (χ3v) is 3.14. The van der Waals surface area contributed by atoms with Crippen LogP contribution >= 0.6 is 0 Å². The molecule has 2 nitrogen and oxygen atoms in total. The first kappa shape index (κ1) is 10.4. The topological polar surface area (TPSA) is 20.3 Å². The van der Waals surface area contributed by atoms with E-state index >= 15 is 0 Å². The molecule has 0 saturated heterocycles. The summed E-state index contributed by atoms with van der Waals surface area (Å²) in [5.41, 5.74) is 3.51. The van der Waals surface area contributed by atoms with Crippen LogP contribution in [0.2, 0.25) is 0 Å². The molecular weight excluding hydrogens is 186 g/mol. The number of hydrogen-bond donors (Lipinski definition) is 0. The van der Waals surface area contributed by atoms with Crippen molar-refractivity contribution in [3.8, 4) is 0 Å². The van der Waals surface area contributed by atoms with Gasteiger partial charge in [-0.3, -0.25) is 9.69 Å². The highest BCUT2D eigenvalue weighted by atomic mass is 16.1. The molecule has 0 radical (unpaired) electrons. The zero-order valence-electron chi connectivity index (χ0n) is 9.36. The number of benzene rings is 1. The second-order valence-electron chi connectivity index (χ2n) is 4.46. The standard InChI is InChI=1S/C13H17NO/c1-10(2)14-6-5-12-4-3-11(9-15)7-13(12)8-14/h3-4,7,9-10H,5-6,8H2,1-2H3. The first-order chi connectivity index (χ1) is 7.20. The van der Waals surface area contributed by atoms with E-state index in [2.05, 4.69) is 24.8 Å². The summed E-state index contributed by atoms with van der Waals surface area (Å²) >= 11 is 0. The van der Waals surface area contributed by atoms with E-state index in [9.17, 15) is 4.79 Å². The van der Waals surface area contributed by atoms with Crippen LogP contribution in [0, 0.1) is 0 Å². The first-order valence-corrected chi connectivity index (χ1v) is 5.51. The van der Waals surface area contributed by atoms with Gasteiger partial charge >= 0.3 is 0 Å². The van der Waals surface area contributed by atoms with Gasteiger partial charge in [0.2, 0.25) is 0 Å². The van der Waals surface area contributed by atoms with Gasteiger partial charge in [-0.15, -0.1) is 0 Å². The largest absolute Gasteiger partial charge is 0.298 e. The van der Waals surface area contributed by atoms with Crippen molar-refractivity contribution in [2.24, 2.45) is 0 Å². The molecule has 0 saturated carbocycles. The molecule has 2 rings (SSSR count). The number of hydrogen-bond acceptors (Lipinski definition) is 2. The molecule has 0 bridgehead atoms. The van der Waals surface area contributed by atoms with Gasteiger partial charge in [0.1, 0.15) is 6.29 Å². The minimum absolute atomic E-state index is 0.582. The summed E-state index contributed by atoms with van der Waals surface area (Å²) in [5, 5.41) is 0. The molecule has 0 N–H and O–H groups in total. The molecule has 0 aromatic heterocycles. The lowest BCUT2D eigenvalue weighted by Gasteiger charge is -2.32. The molecule has 0 unspecified atom stereocenters. The average molecular weight is 203 g/mol. The smallest absolute Gasteiger partial charge is 0.150 e. The Morgan fingerprint density at radius 2 is 2.13 bits per heavy atom. The summed E-state index contributed by atoms with van der Waals surface area (Å²) in [7, 11) is 0. The minimum Gasteiger partial charge on any atom is -0.298 e. The minimum atomic E-state index is 0.582. The van der Waals surface area contributed by atoms with Crippen LogP contribution in [0.25, 0.3) is 0 Å². The van der Waals surface area contributed by atoms with Gasteiger partial charge < -0.3 is 0 Å². The van der Waals surface area contributed by atoms with Crippen molar-refractivity contribution in [3.05, 3.63) is 34.9 Å². The molecule has 0 amide bonds. The molecule has 0 aliphatic carbocycles. The van der Waals surface area contributed by atoms with Crippen molar-refractivity contribution in [1.29, 1.82) is 0 Å². The fourth-order valence-corrected chi connectivity index (χ4v) is 2.11. The van der Waals surface area contributed by atoms with Crippen LogP contribution in [-0.4, -0.2) is 23.8 Å². The lowest BCUT2D eigenvalue weighted by atomic mass is 9.97. The zero-order chi connectivity index (χ0) is 10.8. The Morgan fingerprint density at radius 3 is 2.80 bits per heavy atom. The van der Waals surface area contributed by atoms with Gasteiger partial charge in [0.15, 0.2) is 0 Å². The molecule has 1 aliphatic rings. The van der Waals surface area contributed by atoms with Crippen molar-refractivity contribution in [2.75, 3.05) is 6.54 Å². The Kier molecular flexibility index (Phi) is 2.87. The van der Waals surface area contributed by atoms with Crippen molar-refractivity contribution in [2.45, 2.75) is 32.9 Å². The van der Waals surface area contributed by atoms with Crippen LogP contribution in [0.4, 0.5) is 0 Å². The van der Waals surface area contributed by atoms with E-state index in [0.717, 1.165) is 31.4 Å². The number of nitrogens with zero attached hydrogens (tertiary/aromatic N) is 1. The second kappa shape index (κ2) is 4.15. The molecule has 0 atom stereocenters. The quantitative estimate of drug-likeness (QED) is 0.687. The Bertz CT molecular complexity index is 371. The Hall–Kier alpha value is -1.15. The van der Waals surface area contributed by atoms with Crippen LogP contribution in [0.1, 0.15) is 35.3 Å². The summed E-state index contributed by atoms with van der Waals surface area (Å²) < 4.78 is 0. The summed E-state index contributed by atoms with van der Waals surface area (Å²) in [5.74, 6) is 0. The molecule has 0 fully saturated rings. The number of fused-ring (bicyclic) bond motifs is 1. The lowest BCUT2D eigenvalue weighted by molar-refractivity contribution is 0.112. The molecule has 1 aliphatic heterocycles. The monoisotopic (exact) mass is 203 g/mol. The van der Waals surface area contributed by atoms with Gasteiger partial charge in [-0.25, -0.2) is 0 Å². The van der Waals surface area contributed by atoms with Crippen LogP contribution < -0.4 is 0 Å². The highest BCUT2D eigenvalue weighted by molar-refractivity contribution is 5.75. The van der Waals surface area contributed by atoms with Crippen molar-refractivity contribution in [3.63, 3.8) is 0 Å². The maximum absolute atomic E-state index is 10.7. The first-order valence-electron chi connectivity index (χ1n) is 5.51. The summed E-state index contributed by atoms with van der Waals surface area (Å²) in [4.78, 5) is 13.1. The van der Waals surface area contributed by atoms with Gasteiger partial charge in [-0.1, -0.05) is 12.1 Å². The van der Waals surface area contributed by atoms with E-state index in [4.69, 9.17) is 0 Å². The molecule has 1 aromatic rings. The number of carbonyl (C=O) groups excluding carboxylic acids is 1. The Morgan fingerprint density at radius 1 is 1.33 bits per heavy atom. The van der Waals surface area contributed by atoms with Gasteiger partial charge in [-0.2, -0.15) is 0 Å². The highest BCUT2D eigenvalue weighted by Gasteiger charge is 2.18. The van der Waals surface area contributed by atoms with Gasteiger partial charge in [0, 0.05) is 24.7 Å². The predicted octanol–water partition coefficient (Wildman–Crippen LogP) is 2.27. The van der Waals surface area contributed by atoms with Crippen molar-refractivity contribution < 1.29 is 4.79 Å². The maximum Gasteiger partial charge on any atom is 0.150 e. The van der Waals surface area contributed by atoms with Crippen LogP contribution in [0.5, 0.6) is 0 Å². The molecular formula is C13H17NO. The van der Waals surface area contributed by atoms with Crippen molar-refractivity contribution >= 4 is 6.29 Å². The van der Waals surface area contributed by atoms with Crippen LogP contribution in [0.15, 0.2) is 18.2 Å². The van der Waals surface area contributed by atoms with E-state index in [-0.39, 0.29) is 0 Å². The molecule has 1 heterocycles. The third-order valence-electron chi connectivity index (χ3n) is 3.14. The molecule has 15 heavy (non-hydrogen) atoms. The van der Waals surface area contributed by atoms with Gasteiger partial charge in [0.25, 0.3) is 0 Å². The summed E-state index contributed by atoms with van der Waals surface area (Å²) in [6, 6.07) is 6.61. The van der Waals surface area contributed by atoms with Crippen LogP contribution in [0.3, 0.4) is 0 Å². The lowest BCUT2D eigenvalue weighted by Crippen LogP contribution is -2.35. The van der Waals surface area contributed by atoms with E-state index in [1.807, 2.05) is 12.1 Å². The summed E-state index contributed by atoms with van der Waals surface area (Å²) in [6.45, 7) is 6.54. The predicted molar refractivity (Wildman–Crippen MR) is 61.1 cm³/mol. The van der Waals surface area contributed by atoms with Crippen LogP contribution in [-0.2, 0) is 13.0 Å².